The Morgan fingerprint density at radius 2 is 2.05 bits per heavy atom. The van der Waals surface area contributed by atoms with Crippen LogP contribution in [0.2, 0.25) is 0 Å². The molecule has 1 fully saturated rings. The molecule has 3 heterocycles. The summed E-state index contributed by atoms with van der Waals surface area (Å²) >= 11 is 0. The molecule has 0 amide bonds. The van der Waals surface area contributed by atoms with E-state index in [9.17, 15) is 9.90 Å². The maximum absolute atomic E-state index is 11.5. The molecule has 1 aromatic rings. The van der Waals surface area contributed by atoms with Gasteiger partial charge in [-0.1, -0.05) is 6.92 Å². The first-order chi connectivity index (χ1) is 10.1. The first-order valence-electron chi connectivity index (χ1n) is 8.18. The van der Waals surface area contributed by atoms with Crippen molar-refractivity contribution in [3.8, 4) is 0 Å². The molecule has 116 valence electrons. The van der Waals surface area contributed by atoms with Crippen LogP contribution in [0, 0.1) is 0 Å². The average Bonchev–Trinajstić information content (AvgIpc) is 2.88. The third kappa shape index (κ3) is 2.59. The molecule has 21 heavy (non-hydrogen) atoms. The summed E-state index contributed by atoms with van der Waals surface area (Å²) in [5.41, 5.74) is 1.25. The van der Waals surface area contributed by atoms with Crippen LogP contribution in [0.3, 0.4) is 0 Å². The van der Waals surface area contributed by atoms with E-state index in [-0.39, 0.29) is 0 Å². The number of nitrogens with zero attached hydrogens (tertiary/aromatic N) is 3. The van der Waals surface area contributed by atoms with Crippen LogP contribution in [0.25, 0.3) is 0 Å². The van der Waals surface area contributed by atoms with Crippen LogP contribution in [0.15, 0.2) is 0 Å². The normalized spacial score (nSPS) is 24.0. The summed E-state index contributed by atoms with van der Waals surface area (Å²) in [5.74, 6) is 0.579. The van der Waals surface area contributed by atoms with Gasteiger partial charge in [-0.2, -0.15) is 0 Å². The molecular weight excluding hydrogens is 266 g/mol. The molecule has 1 saturated heterocycles. The second-order valence-corrected chi connectivity index (χ2v) is 6.39. The third-order valence-corrected chi connectivity index (χ3v) is 5.12. The second kappa shape index (κ2) is 5.79. The maximum Gasteiger partial charge on any atom is 0.356 e. The smallest absolute Gasteiger partial charge is 0.356 e. The number of piperidine rings is 1. The number of likely N-dealkylation sites (tertiary alicyclic amines) is 1. The third-order valence-electron chi connectivity index (χ3n) is 5.12. The summed E-state index contributed by atoms with van der Waals surface area (Å²) in [6.07, 6.45) is 5.24. The zero-order chi connectivity index (χ0) is 15.0. The number of carboxylic acids is 1. The first kappa shape index (κ1) is 14.6. The summed E-state index contributed by atoms with van der Waals surface area (Å²) in [6.45, 7) is 7.69. The molecule has 1 atom stereocenters. The van der Waals surface area contributed by atoms with E-state index < -0.39 is 5.97 Å². The fraction of sp³-hybridized carbons (Fsp3) is 0.750. The number of fused-ring (bicyclic) bond motifs is 1. The van der Waals surface area contributed by atoms with Crippen molar-refractivity contribution in [2.45, 2.75) is 57.9 Å². The lowest BCUT2D eigenvalue weighted by atomic mass is 9.94. The highest BCUT2D eigenvalue weighted by Crippen LogP contribution is 2.35. The van der Waals surface area contributed by atoms with E-state index in [2.05, 4.69) is 28.3 Å². The molecule has 0 bridgehead atoms. The number of carbonyl (C=O) groups is 1. The SMILES string of the molecule is CCN1CCC(c2nc(C(=O)O)c3n2C(C)CCC3)CC1. The molecule has 0 spiro atoms. The van der Waals surface area contributed by atoms with Crippen LogP contribution >= 0.6 is 0 Å². The van der Waals surface area contributed by atoms with Gasteiger partial charge in [0.25, 0.3) is 0 Å². The molecule has 1 unspecified atom stereocenters. The van der Waals surface area contributed by atoms with Gasteiger partial charge in [0.1, 0.15) is 5.82 Å². The Bertz CT molecular complexity index is 530. The fourth-order valence-electron chi connectivity index (χ4n) is 3.88. The van der Waals surface area contributed by atoms with Crippen LogP contribution in [0.5, 0.6) is 0 Å². The van der Waals surface area contributed by atoms with Gasteiger partial charge in [0.15, 0.2) is 5.69 Å². The predicted octanol–water partition coefficient (Wildman–Crippen LogP) is 2.68. The van der Waals surface area contributed by atoms with Crippen molar-refractivity contribution in [1.82, 2.24) is 14.5 Å². The number of aromatic nitrogens is 2. The molecular formula is C16H25N3O2. The van der Waals surface area contributed by atoms with E-state index >= 15 is 0 Å². The molecule has 1 N–H and O–H groups in total. The zero-order valence-corrected chi connectivity index (χ0v) is 13.0. The van der Waals surface area contributed by atoms with Gasteiger partial charge in [0.05, 0.1) is 5.69 Å². The summed E-state index contributed by atoms with van der Waals surface area (Å²) < 4.78 is 2.25. The summed E-state index contributed by atoms with van der Waals surface area (Å²) in [7, 11) is 0. The number of hydrogen-bond acceptors (Lipinski definition) is 3. The zero-order valence-electron chi connectivity index (χ0n) is 13.0. The lowest BCUT2D eigenvalue weighted by molar-refractivity contribution is 0.0689. The minimum Gasteiger partial charge on any atom is -0.476 e. The Kier molecular flexibility index (Phi) is 4.02. The van der Waals surface area contributed by atoms with Crippen LogP contribution in [0.1, 0.15) is 73.5 Å². The summed E-state index contributed by atoms with van der Waals surface area (Å²) in [4.78, 5) is 18.5. The first-order valence-corrected chi connectivity index (χ1v) is 8.18. The molecule has 0 aliphatic carbocycles. The molecule has 0 aromatic carbocycles. The largest absolute Gasteiger partial charge is 0.476 e. The van der Waals surface area contributed by atoms with Crippen molar-refractivity contribution < 1.29 is 9.90 Å². The molecule has 5 heteroatoms. The molecule has 3 rings (SSSR count). The van der Waals surface area contributed by atoms with Gasteiger partial charge in [-0.05, 0) is 58.7 Å². The van der Waals surface area contributed by atoms with Gasteiger partial charge in [-0.15, -0.1) is 0 Å². The van der Waals surface area contributed by atoms with Gasteiger partial charge < -0.3 is 14.6 Å². The van der Waals surface area contributed by atoms with Crippen molar-refractivity contribution in [1.29, 1.82) is 0 Å². The number of aromatic carboxylic acids is 1. The monoisotopic (exact) mass is 291 g/mol. The Balaban J connectivity index is 1.93. The van der Waals surface area contributed by atoms with Gasteiger partial charge in [-0.25, -0.2) is 9.78 Å². The van der Waals surface area contributed by atoms with Gasteiger partial charge in [0, 0.05) is 12.0 Å². The topological polar surface area (TPSA) is 58.4 Å². The highest BCUT2D eigenvalue weighted by atomic mass is 16.4. The summed E-state index contributed by atoms with van der Waals surface area (Å²) in [5, 5.41) is 9.43. The molecule has 2 aliphatic heterocycles. The number of rotatable bonds is 3. The van der Waals surface area contributed by atoms with Gasteiger partial charge in [-0.3, -0.25) is 0 Å². The van der Waals surface area contributed by atoms with Crippen LogP contribution in [0.4, 0.5) is 0 Å². The minimum absolute atomic E-state index is 0.300. The van der Waals surface area contributed by atoms with Crippen molar-refractivity contribution >= 4 is 5.97 Å². The van der Waals surface area contributed by atoms with E-state index in [0.29, 0.717) is 17.7 Å². The summed E-state index contributed by atoms with van der Waals surface area (Å²) in [6, 6.07) is 0.383. The van der Waals surface area contributed by atoms with Crippen molar-refractivity contribution in [2.24, 2.45) is 0 Å². The Morgan fingerprint density at radius 3 is 2.67 bits per heavy atom. The quantitative estimate of drug-likeness (QED) is 0.930. The van der Waals surface area contributed by atoms with E-state index in [1.807, 2.05) is 0 Å². The lowest BCUT2D eigenvalue weighted by Gasteiger charge is -2.33. The Morgan fingerprint density at radius 1 is 1.33 bits per heavy atom. The Labute approximate surface area is 126 Å². The van der Waals surface area contributed by atoms with Gasteiger partial charge >= 0.3 is 5.97 Å². The number of imidazole rings is 1. The fourth-order valence-corrected chi connectivity index (χ4v) is 3.88. The van der Waals surface area contributed by atoms with Crippen molar-refractivity contribution in [2.75, 3.05) is 19.6 Å². The molecule has 0 radical (unpaired) electrons. The van der Waals surface area contributed by atoms with Crippen LogP contribution in [-0.2, 0) is 6.42 Å². The maximum atomic E-state index is 11.5. The van der Waals surface area contributed by atoms with E-state index in [4.69, 9.17) is 0 Å². The van der Waals surface area contributed by atoms with E-state index in [1.54, 1.807) is 0 Å². The van der Waals surface area contributed by atoms with Gasteiger partial charge in [0.2, 0.25) is 0 Å². The van der Waals surface area contributed by atoms with Crippen LogP contribution < -0.4 is 0 Å². The minimum atomic E-state index is -0.870. The second-order valence-electron chi connectivity index (χ2n) is 6.39. The van der Waals surface area contributed by atoms with Crippen molar-refractivity contribution in [3.05, 3.63) is 17.2 Å². The average molecular weight is 291 g/mol. The standard InChI is InChI=1S/C16H25N3O2/c1-3-18-9-7-12(8-10-18)15-17-14(16(20)21)13-6-4-5-11(2)19(13)15/h11-12H,3-10H2,1-2H3,(H,20,21). The molecule has 0 saturated carbocycles. The highest BCUT2D eigenvalue weighted by Gasteiger charge is 2.32. The number of hydrogen-bond donors (Lipinski definition) is 1. The molecule has 1 aromatic heterocycles. The predicted molar refractivity (Wildman–Crippen MR) is 80.9 cm³/mol. The lowest BCUT2D eigenvalue weighted by Crippen LogP contribution is -2.33. The van der Waals surface area contributed by atoms with Crippen LogP contribution in [-0.4, -0.2) is 45.2 Å². The van der Waals surface area contributed by atoms with E-state index in [0.717, 1.165) is 63.3 Å². The highest BCUT2D eigenvalue weighted by molar-refractivity contribution is 5.87. The number of carboxylic acid groups (broad SMARTS) is 1. The van der Waals surface area contributed by atoms with Crippen molar-refractivity contribution in [3.63, 3.8) is 0 Å². The van der Waals surface area contributed by atoms with E-state index in [1.165, 1.54) is 0 Å². The molecule has 5 nitrogen and oxygen atoms in total. The molecule has 2 aliphatic rings. The Hall–Kier alpha value is -1.36.